The van der Waals surface area contributed by atoms with Gasteiger partial charge < -0.3 is 14.6 Å². The minimum atomic E-state index is 0. The van der Waals surface area contributed by atoms with E-state index in [0.717, 1.165) is 38.8 Å². The van der Waals surface area contributed by atoms with Crippen molar-refractivity contribution in [2.24, 2.45) is 11.8 Å². The summed E-state index contributed by atoms with van der Waals surface area (Å²) in [7, 11) is 0. The third-order valence-electron chi connectivity index (χ3n) is 3.40. The molecular weight excluding hydrogens is 238 g/mol. The highest BCUT2D eigenvalue weighted by Crippen LogP contribution is 2.29. The van der Waals surface area contributed by atoms with Crippen molar-refractivity contribution in [3.63, 3.8) is 0 Å². The van der Waals surface area contributed by atoms with Gasteiger partial charge in [0.15, 0.2) is 0 Å². The molecule has 1 saturated carbocycles. The number of ether oxygens (including phenoxy) is 1. The number of hydrogen-bond donors (Lipinski definition) is 1. The molecule has 1 aliphatic heterocycles. The molecule has 1 N–H and O–H groups in total. The van der Waals surface area contributed by atoms with E-state index in [1.165, 1.54) is 18.5 Å². The molecule has 1 aliphatic carbocycles. The summed E-state index contributed by atoms with van der Waals surface area (Å²) in [6.45, 7) is 4.85. The Morgan fingerprint density at radius 3 is 3.00 bits per heavy atom. The van der Waals surface area contributed by atoms with E-state index < -0.39 is 0 Å². The number of aromatic nitrogens is 2. The van der Waals surface area contributed by atoms with E-state index in [4.69, 9.17) is 4.74 Å². The highest BCUT2D eigenvalue weighted by molar-refractivity contribution is 5.85. The van der Waals surface area contributed by atoms with Crippen molar-refractivity contribution in [1.82, 2.24) is 14.9 Å². The van der Waals surface area contributed by atoms with Crippen LogP contribution >= 0.6 is 12.4 Å². The maximum Gasteiger partial charge on any atom is 0.0948 e. The third kappa shape index (κ3) is 3.44. The van der Waals surface area contributed by atoms with Crippen molar-refractivity contribution >= 4 is 12.4 Å². The average Bonchev–Trinajstić information content (AvgIpc) is 3.04. The lowest BCUT2D eigenvalue weighted by molar-refractivity contribution is 0.0866. The Morgan fingerprint density at radius 1 is 1.35 bits per heavy atom. The Morgan fingerprint density at radius 2 is 2.18 bits per heavy atom. The molecule has 0 aromatic carbocycles. The van der Waals surface area contributed by atoms with Crippen LogP contribution in [0.25, 0.3) is 0 Å². The third-order valence-corrected chi connectivity index (χ3v) is 3.40. The second-order valence-electron chi connectivity index (χ2n) is 5.02. The van der Waals surface area contributed by atoms with Crippen molar-refractivity contribution in [2.75, 3.05) is 19.8 Å². The Hall–Kier alpha value is -0.580. The first-order chi connectivity index (χ1) is 7.92. The zero-order valence-corrected chi connectivity index (χ0v) is 10.8. The number of halogens is 1. The summed E-state index contributed by atoms with van der Waals surface area (Å²) in [5.41, 5.74) is 1.28. The fraction of sp³-hybridized carbons (Fsp3) is 0.750. The smallest absolute Gasteiger partial charge is 0.0948 e. The van der Waals surface area contributed by atoms with Gasteiger partial charge in [-0.2, -0.15) is 0 Å². The number of nitrogens with zero attached hydrogens (tertiary/aromatic N) is 2. The van der Waals surface area contributed by atoms with Gasteiger partial charge in [0.25, 0.3) is 0 Å². The molecule has 96 valence electrons. The molecule has 0 spiro atoms. The summed E-state index contributed by atoms with van der Waals surface area (Å²) in [6.07, 6.45) is 6.61. The lowest BCUT2D eigenvalue weighted by Gasteiger charge is -2.15. The van der Waals surface area contributed by atoms with E-state index in [0.29, 0.717) is 5.92 Å². The standard InChI is InChI=1S/C12H19N3O.ClH/c1-2-10(1)7-16-8-11-3-13-4-12-5-14-9-15(12)6-11;/h5,9-11,13H,1-4,6-8H2;1H. The molecule has 0 saturated heterocycles. The van der Waals surface area contributed by atoms with Crippen LogP contribution in [0.3, 0.4) is 0 Å². The van der Waals surface area contributed by atoms with E-state index in [-0.39, 0.29) is 12.4 Å². The fourth-order valence-corrected chi connectivity index (χ4v) is 2.20. The summed E-state index contributed by atoms with van der Waals surface area (Å²) in [4.78, 5) is 4.18. The van der Waals surface area contributed by atoms with Gasteiger partial charge >= 0.3 is 0 Å². The molecule has 3 rings (SSSR count). The Kier molecular flexibility index (Phi) is 4.42. The summed E-state index contributed by atoms with van der Waals surface area (Å²) >= 11 is 0. The van der Waals surface area contributed by atoms with Crippen LogP contribution in [0.2, 0.25) is 0 Å². The zero-order valence-electron chi connectivity index (χ0n) is 9.97. The van der Waals surface area contributed by atoms with Crippen molar-refractivity contribution in [3.05, 3.63) is 18.2 Å². The Balaban J connectivity index is 0.00000108. The molecule has 1 aromatic rings. The largest absolute Gasteiger partial charge is 0.381 e. The SMILES string of the molecule is Cl.c1ncn2c1CNCC(COCC1CC1)C2. The van der Waals surface area contributed by atoms with Crippen LogP contribution < -0.4 is 5.32 Å². The molecule has 5 heteroatoms. The van der Waals surface area contributed by atoms with Crippen LogP contribution in [-0.2, 0) is 17.8 Å². The van der Waals surface area contributed by atoms with Gasteiger partial charge in [-0.25, -0.2) is 4.98 Å². The van der Waals surface area contributed by atoms with Crippen LogP contribution in [0.5, 0.6) is 0 Å². The highest BCUT2D eigenvalue weighted by atomic mass is 35.5. The molecule has 2 heterocycles. The van der Waals surface area contributed by atoms with Crippen molar-refractivity contribution in [2.45, 2.75) is 25.9 Å². The fourth-order valence-electron chi connectivity index (χ4n) is 2.20. The quantitative estimate of drug-likeness (QED) is 0.888. The second-order valence-corrected chi connectivity index (χ2v) is 5.02. The molecule has 1 aromatic heterocycles. The van der Waals surface area contributed by atoms with Gasteiger partial charge in [-0.1, -0.05) is 0 Å². The summed E-state index contributed by atoms with van der Waals surface area (Å²) in [6, 6.07) is 0. The van der Waals surface area contributed by atoms with Crippen LogP contribution in [0.4, 0.5) is 0 Å². The van der Waals surface area contributed by atoms with E-state index in [1.807, 2.05) is 12.5 Å². The van der Waals surface area contributed by atoms with Gasteiger partial charge in [0.05, 0.1) is 18.6 Å². The van der Waals surface area contributed by atoms with E-state index >= 15 is 0 Å². The molecular formula is C12H20ClN3O. The zero-order chi connectivity index (χ0) is 10.8. The van der Waals surface area contributed by atoms with Gasteiger partial charge in [0.1, 0.15) is 0 Å². The normalized spacial score (nSPS) is 23.6. The maximum absolute atomic E-state index is 5.77. The molecule has 1 fully saturated rings. The average molecular weight is 258 g/mol. The molecule has 4 nitrogen and oxygen atoms in total. The van der Waals surface area contributed by atoms with Crippen LogP contribution in [0.15, 0.2) is 12.5 Å². The predicted octanol–water partition coefficient (Wildman–Crippen LogP) is 1.45. The first kappa shape index (κ1) is 12.9. The Bertz CT molecular complexity index is 351. The number of rotatable bonds is 4. The van der Waals surface area contributed by atoms with Crippen molar-refractivity contribution < 1.29 is 4.74 Å². The molecule has 1 atom stereocenters. The van der Waals surface area contributed by atoms with E-state index in [1.54, 1.807) is 0 Å². The minimum Gasteiger partial charge on any atom is -0.381 e. The lowest BCUT2D eigenvalue weighted by atomic mass is 10.1. The van der Waals surface area contributed by atoms with E-state index in [9.17, 15) is 0 Å². The van der Waals surface area contributed by atoms with Gasteiger partial charge in [-0.05, 0) is 18.8 Å². The predicted molar refractivity (Wildman–Crippen MR) is 68.2 cm³/mol. The van der Waals surface area contributed by atoms with Gasteiger partial charge in [-0.15, -0.1) is 12.4 Å². The van der Waals surface area contributed by atoms with Crippen molar-refractivity contribution in [1.29, 1.82) is 0 Å². The molecule has 1 unspecified atom stereocenters. The number of hydrogen-bond acceptors (Lipinski definition) is 3. The van der Waals surface area contributed by atoms with Gasteiger partial charge in [0.2, 0.25) is 0 Å². The summed E-state index contributed by atoms with van der Waals surface area (Å²) < 4.78 is 8.01. The molecule has 0 radical (unpaired) electrons. The Labute approximate surface area is 108 Å². The monoisotopic (exact) mass is 257 g/mol. The molecule has 0 amide bonds. The van der Waals surface area contributed by atoms with Gasteiger partial charge in [-0.3, -0.25) is 0 Å². The second kappa shape index (κ2) is 5.85. The molecule has 17 heavy (non-hydrogen) atoms. The van der Waals surface area contributed by atoms with Gasteiger partial charge in [0, 0.05) is 38.4 Å². The number of imidazole rings is 1. The maximum atomic E-state index is 5.77. The van der Waals surface area contributed by atoms with Crippen molar-refractivity contribution in [3.8, 4) is 0 Å². The first-order valence-electron chi connectivity index (χ1n) is 6.19. The molecule has 0 bridgehead atoms. The van der Waals surface area contributed by atoms with Crippen LogP contribution in [0, 0.1) is 11.8 Å². The summed E-state index contributed by atoms with van der Waals surface area (Å²) in [5.74, 6) is 1.44. The van der Waals surface area contributed by atoms with Crippen LogP contribution in [0.1, 0.15) is 18.5 Å². The number of nitrogens with one attached hydrogen (secondary N) is 1. The van der Waals surface area contributed by atoms with E-state index in [2.05, 4.69) is 14.9 Å². The van der Waals surface area contributed by atoms with Crippen LogP contribution in [-0.4, -0.2) is 29.3 Å². The molecule has 2 aliphatic rings. The highest BCUT2D eigenvalue weighted by Gasteiger charge is 2.22. The lowest BCUT2D eigenvalue weighted by Crippen LogP contribution is -2.25. The first-order valence-corrected chi connectivity index (χ1v) is 6.19. The minimum absolute atomic E-state index is 0. The summed E-state index contributed by atoms with van der Waals surface area (Å²) in [5, 5.41) is 3.45. The topological polar surface area (TPSA) is 39.1 Å². The number of fused-ring (bicyclic) bond motifs is 1.